The van der Waals surface area contributed by atoms with Gasteiger partial charge in [-0.25, -0.2) is 0 Å². The number of carbonyl (C=O) groups excluding carboxylic acids is 1. The monoisotopic (exact) mass is 259 g/mol. The van der Waals surface area contributed by atoms with Gasteiger partial charge in [-0.05, 0) is 61.9 Å². The lowest BCUT2D eigenvalue weighted by Gasteiger charge is -2.18. The minimum absolute atomic E-state index is 0.0457. The minimum atomic E-state index is 0.0457. The van der Waals surface area contributed by atoms with Gasteiger partial charge in [-0.15, -0.1) is 0 Å². The molecule has 1 saturated carbocycles. The van der Waals surface area contributed by atoms with E-state index >= 15 is 0 Å². The van der Waals surface area contributed by atoms with Crippen molar-refractivity contribution in [1.82, 2.24) is 5.32 Å². The van der Waals surface area contributed by atoms with E-state index in [0.29, 0.717) is 6.54 Å². The number of hydrogen-bond acceptors (Lipinski definition) is 3. The van der Waals surface area contributed by atoms with Crippen molar-refractivity contribution in [1.29, 1.82) is 0 Å². The number of benzene rings is 1. The molecule has 19 heavy (non-hydrogen) atoms. The van der Waals surface area contributed by atoms with Gasteiger partial charge in [0.05, 0.1) is 6.54 Å². The Morgan fingerprint density at radius 1 is 1.37 bits per heavy atom. The summed E-state index contributed by atoms with van der Waals surface area (Å²) in [6.45, 7) is 2.43. The molecule has 1 aliphatic heterocycles. The molecule has 0 bridgehead atoms. The summed E-state index contributed by atoms with van der Waals surface area (Å²) in [6, 6.07) is 6.11. The maximum absolute atomic E-state index is 11.8. The normalized spacial score (nSPS) is 17.5. The minimum Gasteiger partial charge on any atom is -0.385 e. The van der Waals surface area contributed by atoms with Gasteiger partial charge in [0.2, 0.25) is 5.91 Å². The van der Waals surface area contributed by atoms with Gasteiger partial charge in [-0.2, -0.15) is 0 Å². The first kappa shape index (κ1) is 12.5. The first-order valence-corrected chi connectivity index (χ1v) is 7.18. The lowest BCUT2D eigenvalue weighted by atomic mass is 10.0. The summed E-state index contributed by atoms with van der Waals surface area (Å²) in [4.78, 5) is 11.8. The quantitative estimate of drug-likeness (QED) is 0.758. The highest BCUT2D eigenvalue weighted by Crippen LogP contribution is 2.27. The van der Waals surface area contributed by atoms with Crippen molar-refractivity contribution in [3.05, 3.63) is 23.8 Å². The predicted molar refractivity (Wildman–Crippen MR) is 77.5 cm³/mol. The van der Waals surface area contributed by atoms with Crippen molar-refractivity contribution in [3.8, 4) is 0 Å². The third-order valence-corrected chi connectivity index (χ3v) is 3.74. The van der Waals surface area contributed by atoms with Crippen molar-refractivity contribution in [2.24, 2.45) is 5.92 Å². The second-order valence-electron chi connectivity index (χ2n) is 5.52. The molecule has 0 saturated heterocycles. The Morgan fingerprint density at radius 3 is 3.11 bits per heavy atom. The molecule has 102 valence electrons. The number of nitrogens with one attached hydrogen (secondary N) is 3. The summed E-state index contributed by atoms with van der Waals surface area (Å²) in [5, 5.41) is 9.53. The molecule has 1 heterocycles. The van der Waals surface area contributed by atoms with Crippen LogP contribution in [0.5, 0.6) is 0 Å². The average Bonchev–Trinajstić information content (AvgIpc) is 3.23. The lowest BCUT2D eigenvalue weighted by molar-refractivity contribution is -0.115. The summed E-state index contributed by atoms with van der Waals surface area (Å²) < 4.78 is 0. The van der Waals surface area contributed by atoms with Crippen LogP contribution in [0.15, 0.2) is 18.2 Å². The molecule has 4 heteroatoms. The third-order valence-electron chi connectivity index (χ3n) is 3.74. The predicted octanol–water partition coefficient (Wildman–Crippen LogP) is 1.98. The van der Waals surface area contributed by atoms with Crippen LogP contribution in [0.2, 0.25) is 0 Å². The van der Waals surface area contributed by atoms with Crippen LogP contribution < -0.4 is 16.0 Å². The number of anilines is 2. The molecular weight excluding hydrogens is 238 g/mol. The van der Waals surface area contributed by atoms with Gasteiger partial charge in [-0.1, -0.05) is 0 Å². The fraction of sp³-hybridized carbons (Fsp3) is 0.533. The van der Waals surface area contributed by atoms with Gasteiger partial charge in [0.15, 0.2) is 0 Å². The maximum atomic E-state index is 11.8. The zero-order chi connectivity index (χ0) is 13.1. The molecule has 1 aromatic rings. The fourth-order valence-corrected chi connectivity index (χ4v) is 2.47. The second-order valence-corrected chi connectivity index (χ2v) is 5.52. The standard InChI is InChI=1S/C15H21N3O/c19-15(10-16-9-11-3-4-11)18-13-5-6-14-12(8-13)2-1-7-17-14/h5-6,8,11,16-17H,1-4,7,9-10H2,(H,18,19). The van der Waals surface area contributed by atoms with E-state index in [9.17, 15) is 4.79 Å². The van der Waals surface area contributed by atoms with Crippen LogP contribution in [-0.4, -0.2) is 25.5 Å². The Morgan fingerprint density at radius 2 is 2.26 bits per heavy atom. The van der Waals surface area contributed by atoms with Crippen LogP contribution in [0.25, 0.3) is 0 Å². The highest BCUT2D eigenvalue weighted by molar-refractivity contribution is 5.92. The number of carbonyl (C=O) groups is 1. The van der Waals surface area contributed by atoms with Gasteiger partial charge in [0, 0.05) is 17.9 Å². The molecule has 3 rings (SSSR count). The molecule has 1 amide bonds. The lowest BCUT2D eigenvalue weighted by Crippen LogP contribution is -2.29. The van der Waals surface area contributed by atoms with Crippen LogP contribution in [0, 0.1) is 5.92 Å². The Bertz CT molecular complexity index is 468. The molecule has 0 unspecified atom stereocenters. The van der Waals surface area contributed by atoms with E-state index < -0.39 is 0 Å². The van der Waals surface area contributed by atoms with E-state index in [-0.39, 0.29) is 5.91 Å². The van der Waals surface area contributed by atoms with E-state index in [0.717, 1.165) is 37.5 Å². The van der Waals surface area contributed by atoms with Gasteiger partial charge in [-0.3, -0.25) is 4.79 Å². The summed E-state index contributed by atoms with van der Waals surface area (Å²) in [6.07, 6.45) is 4.87. The summed E-state index contributed by atoms with van der Waals surface area (Å²) >= 11 is 0. The molecule has 0 atom stereocenters. The van der Waals surface area contributed by atoms with Gasteiger partial charge in [0.25, 0.3) is 0 Å². The molecule has 4 nitrogen and oxygen atoms in total. The summed E-state index contributed by atoms with van der Waals surface area (Å²) in [5.41, 5.74) is 3.41. The smallest absolute Gasteiger partial charge is 0.238 e. The van der Waals surface area contributed by atoms with Crippen LogP contribution in [0.4, 0.5) is 11.4 Å². The number of hydrogen-bond donors (Lipinski definition) is 3. The maximum Gasteiger partial charge on any atom is 0.238 e. The van der Waals surface area contributed by atoms with Crippen LogP contribution >= 0.6 is 0 Å². The Labute approximate surface area is 114 Å². The first-order chi connectivity index (χ1) is 9.31. The van der Waals surface area contributed by atoms with Crippen LogP contribution in [-0.2, 0) is 11.2 Å². The van der Waals surface area contributed by atoms with Crippen molar-refractivity contribution in [3.63, 3.8) is 0 Å². The first-order valence-electron chi connectivity index (χ1n) is 7.18. The molecule has 1 aliphatic carbocycles. The molecule has 1 fully saturated rings. The van der Waals surface area contributed by atoms with Gasteiger partial charge >= 0.3 is 0 Å². The van der Waals surface area contributed by atoms with E-state index in [2.05, 4.69) is 28.1 Å². The van der Waals surface area contributed by atoms with Gasteiger partial charge in [0.1, 0.15) is 0 Å². The second kappa shape index (κ2) is 5.61. The SMILES string of the molecule is O=C(CNCC1CC1)Nc1ccc2c(c1)CCCN2. The van der Waals surface area contributed by atoms with E-state index in [1.54, 1.807) is 0 Å². The number of fused-ring (bicyclic) bond motifs is 1. The summed E-state index contributed by atoms with van der Waals surface area (Å²) in [7, 11) is 0. The van der Waals surface area contributed by atoms with Gasteiger partial charge < -0.3 is 16.0 Å². The van der Waals surface area contributed by atoms with Crippen molar-refractivity contribution < 1.29 is 4.79 Å². The zero-order valence-electron chi connectivity index (χ0n) is 11.2. The highest BCUT2D eigenvalue weighted by Gasteiger charge is 2.20. The zero-order valence-corrected chi connectivity index (χ0v) is 11.2. The number of rotatable bonds is 5. The van der Waals surface area contributed by atoms with Crippen molar-refractivity contribution in [2.45, 2.75) is 25.7 Å². The topological polar surface area (TPSA) is 53.2 Å². The number of amides is 1. The van der Waals surface area contributed by atoms with Crippen LogP contribution in [0.1, 0.15) is 24.8 Å². The van der Waals surface area contributed by atoms with Crippen molar-refractivity contribution >= 4 is 17.3 Å². The molecule has 0 aromatic heterocycles. The molecule has 1 aromatic carbocycles. The fourth-order valence-electron chi connectivity index (χ4n) is 2.47. The molecule has 0 radical (unpaired) electrons. The molecule has 0 spiro atoms. The highest BCUT2D eigenvalue weighted by atomic mass is 16.1. The summed E-state index contributed by atoms with van der Waals surface area (Å²) in [5.74, 6) is 0.854. The Balaban J connectivity index is 1.51. The largest absolute Gasteiger partial charge is 0.385 e. The Hall–Kier alpha value is -1.55. The van der Waals surface area contributed by atoms with E-state index in [1.807, 2.05) is 6.07 Å². The number of aryl methyl sites for hydroxylation is 1. The van der Waals surface area contributed by atoms with E-state index in [1.165, 1.54) is 24.1 Å². The Kier molecular flexibility index (Phi) is 3.69. The molecule has 3 N–H and O–H groups in total. The average molecular weight is 259 g/mol. The molecule has 2 aliphatic rings. The molecular formula is C15H21N3O. The van der Waals surface area contributed by atoms with E-state index in [4.69, 9.17) is 0 Å². The third kappa shape index (κ3) is 3.47. The van der Waals surface area contributed by atoms with Crippen molar-refractivity contribution in [2.75, 3.05) is 30.3 Å². The van der Waals surface area contributed by atoms with Crippen LogP contribution in [0.3, 0.4) is 0 Å².